The molecule has 2 nitrogen and oxygen atoms in total. The first-order valence-corrected chi connectivity index (χ1v) is 3.58. The molecule has 1 aliphatic rings. The molecule has 0 aromatic rings. The smallest absolute Gasteiger partial charge is 0.0441 e. The number of nitrogens with one attached hydrogen (secondary N) is 1. The van der Waals surface area contributed by atoms with E-state index in [0.29, 0.717) is 12.0 Å². The summed E-state index contributed by atoms with van der Waals surface area (Å²) in [6.45, 7) is 4.25. The van der Waals surface area contributed by atoms with E-state index in [9.17, 15) is 0 Å². The zero-order valence-corrected chi connectivity index (χ0v) is 6.09. The summed E-state index contributed by atoms with van der Waals surface area (Å²) in [7, 11) is 0. The third-order valence-electron chi connectivity index (χ3n) is 1.21. The lowest BCUT2D eigenvalue weighted by atomic mass is 10.3. The van der Waals surface area contributed by atoms with Crippen molar-refractivity contribution < 1.29 is 0 Å². The number of rotatable bonds is 3. The highest BCUT2D eigenvalue weighted by atomic mass is 15.3. The maximum absolute atomic E-state index is 4.06. The molecule has 0 heterocycles. The van der Waals surface area contributed by atoms with Gasteiger partial charge in [-0.3, -0.25) is 0 Å². The van der Waals surface area contributed by atoms with Crippen molar-refractivity contribution in [1.29, 1.82) is 0 Å². The molecular weight excluding hydrogens is 112 g/mol. The van der Waals surface area contributed by atoms with Crippen LogP contribution in [0.4, 0.5) is 0 Å². The zero-order chi connectivity index (χ0) is 6.69. The van der Waals surface area contributed by atoms with Crippen molar-refractivity contribution in [2.45, 2.75) is 32.7 Å². The topological polar surface area (TPSA) is 24.4 Å². The van der Waals surface area contributed by atoms with E-state index in [-0.39, 0.29) is 0 Å². The summed E-state index contributed by atoms with van der Waals surface area (Å²) in [6.07, 6.45) is 4.54. The maximum atomic E-state index is 4.06. The van der Waals surface area contributed by atoms with E-state index in [0.717, 1.165) is 0 Å². The predicted molar refractivity (Wildman–Crippen MR) is 39.5 cm³/mol. The molecule has 0 aromatic carbocycles. The molecule has 0 aromatic heterocycles. The van der Waals surface area contributed by atoms with E-state index < -0.39 is 0 Å². The van der Waals surface area contributed by atoms with Crippen LogP contribution in [0.25, 0.3) is 0 Å². The van der Waals surface area contributed by atoms with Gasteiger partial charge in [0.25, 0.3) is 0 Å². The predicted octanol–water partition coefficient (Wildman–Crippen LogP) is 1.38. The Labute approximate surface area is 56.3 Å². The Balaban J connectivity index is 2.01. The van der Waals surface area contributed by atoms with E-state index in [1.165, 1.54) is 12.8 Å². The molecule has 0 atom stereocenters. The van der Waals surface area contributed by atoms with E-state index in [1.807, 2.05) is 6.21 Å². The molecule has 52 valence electrons. The van der Waals surface area contributed by atoms with Gasteiger partial charge in [-0.25, -0.2) is 0 Å². The fourth-order valence-electron chi connectivity index (χ4n) is 0.510. The van der Waals surface area contributed by atoms with Crippen LogP contribution in [0.5, 0.6) is 0 Å². The molecule has 0 aliphatic heterocycles. The second-order valence-electron chi connectivity index (χ2n) is 2.93. The Bertz CT molecular complexity index is 103. The van der Waals surface area contributed by atoms with Gasteiger partial charge in [0.1, 0.15) is 0 Å². The van der Waals surface area contributed by atoms with E-state index in [1.54, 1.807) is 0 Å². The molecule has 0 amide bonds. The fourth-order valence-corrected chi connectivity index (χ4v) is 0.510. The molecule has 1 rings (SSSR count). The molecule has 2 heteroatoms. The monoisotopic (exact) mass is 126 g/mol. The molecule has 1 fully saturated rings. The van der Waals surface area contributed by atoms with Gasteiger partial charge in [-0.1, -0.05) is 13.8 Å². The molecule has 0 spiro atoms. The molecule has 1 N–H and O–H groups in total. The summed E-state index contributed by atoms with van der Waals surface area (Å²) < 4.78 is 0. The van der Waals surface area contributed by atoms with Crippen molar-refractivity contribution in [3.8, 4) is 0 Å². The van der Waals surface area contributed by atoms with Gasteiger partial charge in [-0.05, 0) is 18.8 Å². The summed E-state index contributed by atoms with van der Waals surface area (Å²) in [4.78, 5) is 0. The van der Waals surface area contributed by atoms with Crippen LogP contribution in [-0.4, -0.2) is 12.3 Å². The second-order valence-corrected chi connectivity index (χ2v) is 2.93. The SMILES string of the molecule is CC(C)/C=N\NC1CC1. The van der Waals surface area contributed by atoms with Gasteiger partial charge in [0, 0.05) is 12.3 Å². The van der Waals surface area contributed by atoms with Crippen LogP contribution >= 0.6 is 0 Å². The zero-order valence-electron chi connectivity index (χ0n) is 6.09. The Morgan fingerprint density at radius 1 is 1.56 bits per heavy atom. The maximum Gasteiger partial charge on any atom is 0.0441 e. The van der Waals surface area contributed by atoms with E-state index in [2.05, 4.69) is 24.4 Å². The molecule has 0 unspecified atom stereocenters. The summed E-state index contributed by atoms with van der Waals surface area (Å²) in [5.41, 5.74) is 3.06. The van der Waals surface area contributed by atoms with E-state index >= 15 is 0 Å². The lowest BCUT2D eigenvalue weighted by Gasteiger charge is -1.94. The molecule has 1 aliphatic carbocycles. The van der Waals surface area contributed by atoms with Crippen molar-refractivity contribution in [2.24, 2.45) is 11.0 Å². The lowest BCUT2D eigenvalue weighted by molar-refractivity contribution is 0.729. The quantitative estimate of drug-likeness (QED) is 0.448. The first-order valence-electron chi connectivity index (χ1n) is 3.58. The molecule has 0 bridgehead atoms. The molecule has 0 radical (unpaired) electrons. The van der Waals surface area contributed by atoms with Crippen molar-refractivity contribution >= 4 is 6.21 Å². The normalized spacial score (nSPS) is 19.4. The minimum atomic E-state index is 0.566. The van der Waals surface area contributed by atoms with Crippen molar-refractivity contribution in [2.75, 3.05) is 0 Å². The number of hydrogen-bond donors (Lipinski definition) is 1. The second kappa shape index (κ2) is 2.85. The number of hydrazone groups is 1. The van der Waals surface area contributed by atoms with Crippen LogP contribution in [0.3, 0.4) is 0 Å². The van der Waals surface area contributed by atoms with Gasteiger partial charge in [-0.15, -0.1) is 0 Å². The van der Waals surface area contributed by atoms with Crippen molar-refractivity contribution in [3.05, 3.63) is 0 Å². The largest absolute Gasteiger partial charge is 0.307 e. The molecule has 0 saturated heterocycles. The average Bonchev–Trinajstić information content (AvgIpc) is 2.48. The van der Waals surface area contributed by atoms with Crippen molar-refractivity contribution in [1.82, 2.24) is 5.43 Å². The summed E-state index contributed by atoms with van der Waals surface area (Å²) in [6, 6.07) is 0.694. The first kappa shape index (κ1) is 6.59. The highest BCUT2D eigenvalue weighted by Crippen LogP contribution is 2.18. The third kappa shape index (κ3) is 3.12. The highest BCUT2D eigenvalue weighted by molar-refractivity contribution is 5.59. The van der Waals surface area contributed by atoms with Gasteiger partial charge in [0.2, 0.25) is 0 Å². The Hall–Kier alpha value is -0.530. The standard InChI is InChI=1S/C7H14N2/c1-6(2)5-8-9-7-3-4-7/h5-7,9H,3-4H2,1-2H3/b8-5-. The molecular formula is C7H14N2. The van der Waals surface area contributed by atoms with Crippen LogP contribution in [-0.2, 0) is 0 Å². The molecule has 9 heavy (non-hydrogen) atoms. The lowest BCUT2D eigenvalue weighted by Crippen LogP contribution is -2.08. The van der Waals surface area contributed by atoms with Gasteiger partial charge in [0.05, 0.1) is 0 Å². The minimum absolute atomic E-state index is 0.566. The van der Waals surface area contributed by atoms with Gasteiger partial charge < -0.3 is 5.43 Å². The van der Waals surface area contributed by atoms with Crippen LogP contribution in [0, 0.1) is 5.92 Å². The van der Waals surface area contributed by atoms with Crippen molar-refractivity contribution in [3.63, 3.8) is 0 Å². The van der Waals surface area contributed by atoms with Crippen LogP contribution in [0.15, 0.2) is 5.10 Å². The Morgan fingerprint density at radius 2 is 2.22 bits per heavy atom. The van der Waals surface area contributed by atoms with Crippen LogP contribution in [0.1, 0.15) is 26.7 Å². The number of hydrogen-bond acceptors (Lipinski definition) is 2. The van der Waals surface area contributed by atoms with Gasteiger partial charge in [0.15, 0.2) is 0 Å². The third-order valence-corrected chi connectivity index (χ3v) is 1.21. The van der Waals surface area contributed by atoms with Crippen LogP contribution < -0.4 is 5.43 Å². The van der Waals surface area contributed by atoms with Gasteiger partial charge >= 0.3 is 0 Å². The Morgan fingerprint density at radius 3 is 2.67 bits per heavy atom. The first-order chi connectivity index (χ1) is 4.29. The summed E-state index contributed by atoms with van der Waals surface area (Å²) in [5.74, 6) is 0.566. The van der Waals surface area contributed by atoms with Crippen LogP contribution in [0.2, 0.25) is 0 Å². The van der Waals surface area contributed by atoms with E-state index in [4.69, 9.17) is 0 Å². The van der Waals surface area contributed by atoms with Gasteiger partial charge in [-0.2, -0.15) is 5.10 Å². The highest BCUT2D eigenvalue weighted by Gasteiger charge is 2.19. The minimum Gasteiger partial charge on any atom is -0.307 e. The fraction of sp³-hybridized carbons (Fsp3) is 0.857. The average molecular weight is 126 g/mol. The Kier molecular flexibility index (Phi) is 2.09. The summed E-state index contributed by atoms with van der Waals surface area (Å²) >= 11 is 0. The number of nitrogens with zero attached hydrogens (tertiary/aromatic N) is 1. The molecule has 1 saturated carbocycles. The summed E-state index contributed by atoms with van der Waals surface area (Å²) in [5, 5.41) is 4.06.